The van der Waals surface area contributed by atoms with Gasteiger partial charge in [-0.2, -0.15) is 5.10 Å². The van der Waals surface area contributed by atoms with Gasteiger partial charge in [-0.1, -0.05) is 12.2 Å². The van der Waals surface area contributed by atoms with Crippen LogP contribution in [0, 0.1) is 12.8 Å². The summed E-state index contributed by atoms with van der Waals surface area (Å²) in [4.78, 5) is 0.416. The molecule has 3 N–H and O–H groups in total. The average molecular weight is 224 g/mol. The first-order valence-corrected chi connectivity index (χ1v) is 5.57. The zero-order chi connectivity index (χ0) is 11.0. The van der Waals surface area contributed by atoms with Gasteiger partial charge in [-0.3, -0.25) is 4.68 Å². The Morgan fingerprint density at radius 1 is 1.67 bits per heavy atom. The van der Waals surface area contributed by atoms with Crippen LogP contribution >= 0.6 is 12.2 Å². The Balaban J connectivity index is 2.21. The van der Waals surface area contributed by atoms with Crippen LogP contribution in [0.3, 0.4) is 0 Å². The maximum absolute atomic E-state index is 5.69. The van der Waals surface area contributed by atoms with Crippen LogP contribution in [0.4, 0.5) is 5.82 Å². The molecule has 1 aliphatic carbocycles. The minimum atomic E-state index is 0.416. The summed E-state index contributed by atoms with van der Waals surface area (Å²) in [6, 6.07) is 0. The second-order valence-electron chi connectivity index (χ2n) is 4.12. The number of aryl methyl sites for hydroxylation is 2. The molecule has 0 atom stereocenters. The molecule has 15 heavy (non-hydrogen) atoms. The highest BCUT2D eigenvalue weighted by Crippen LogP contribution is 2.29. The third-order valence-electron chi connectivity index (χ3n) is 2.72. The molecule has 0 amide bonds. The lowest BCUT2D eigenvalue weighted by atomic mass is 10.2. The molecular formula is C10H16N4S. The van der Waals surface area contributed by atoms with E-state index in [2.05, 4.69) is 10.4 Å². The van der Waals surface area contributed by atoms with Crippen molar-refractivity contribution in [2.24, 2.45) is 18.7 Å². The van der Waals surface area contributed by atoms with Crippen LogP contribution in [0.5, 0.6) is 0 Å². The standard InChI is InChI=1S/C10H16N4S/c1-6-8(9(11)15)10(14(2)13-6)12-5-7-3-4-7/h7,12H,3-5H2,1-2H3,(H2,11,15). The van der Waals surface area contributed by atoms with Gasteiger partial charge in [0.2, 0.25) is 0 Å². The van der Waals surface area contributed by atoms with Gasteiger partial charge in [0.1, 0.15) is 10.8 Å². The number of hydrogen-bond acceptors (Lipinski definition) is 3. The van der Waals surface area contributed by atoms with Gasteiger partial charge < -0.3 is 11.1 Å². The Morgan fingerprint density at radius 3 is 2.87 bits per heavy atom. The van der Waals surface area contributed by atoms with Crippen molar-refractivity contribution >= 4 is 23.0 Å². The number of hydrogen-bond donors (Lipinski definition) is 2. The van der Waals surface area contributed by atoms with Crippen molar-refractivity contribution in [3.05, 3.63) is 11.3 Å². The fourth-order valence-electron chi connectivity index (χ4n) is 1.72. The van der Waals surface area contributed by atoms with Crippen LogP contribution in [0.25, 0.3) is 0 Å². The highest BCUT2D eigenvalue weighted by Gasteiger charge is 2.23. The van der Waals surface area contributed by atoms with Gasteiger partial charge in [-0.25, -0.2) is 0 Å². The summed E-state index contributed by atoms with van der Waals surface area (Å²) >= 11 is 5.03. The quantitative estimate of drug-likeness (QED) is 0.754. The molecule has 1 saturated carbocycles. The molecule has 1 aliphatic rings. The van der Waals surface area contributed by atoms with Gasteiger partial charge in [0.25, 0.3) is 0 Å². The predicted molar refractivity (Wildman–Crippen MR) is 65.0 cm³/mol. The summed E-state index contributed by atoms with van der Waals surface area (Å²) in [6.07, 6.45) is 2.65. The normalized spacial score (nSPS) is 15.3. The molecule has 0 aliphatic heterocycles. The Bertz CT molecular complexity index is 392. The molecule has 0 aromatic carbocycles. The van der Waals surface area contributed by atoms with Crippen molar-refractivity contribution in [2.75, 3.05) is 11.9 Å². The summed E-state index contributed by atoms with van der Waals surface area (Å²) in [5, 5.41) is 7.70. The molecule has 0 spiro atoms. The van der Waals surface area contributed by atoms with E-state index in [1.807, 2.05) is 18.7 Å². The molecule has 1 heterocycles. The van der Waals surface area contributed by atoms with Crippen molar-refractivity contribution in [3.63, 3.8) is 0 Å². The zero-order valence-electron chi connectivity index (χ0n) is 9.08. The van der Waals surface area contributed by atoms with E-state index in [-0.39, 0.29) is 0 Å². The Kier molecular flexibility index (Phi) is 2.65. The van der Waals surface area contributed by atoms with Crippen LogP contribution in [0.15, 0.2) is 0 Å². The summed E-state index contributed by atoms with van der Waals surface area (Å²) in [5.74, 6) is 1.77. The van der Waals surface area contributed by atoms with Gasteiger partial charge in [-0.05, 0) is 25.7 Å². The number of nitrogens with one attached hydrogen (secondary N) is 1. The van der Waals surface area contributed by atoms with E-state index in [1.54, 1.807) is 0 Å². The van der Waals surface area contributed by atoms with E-state index in [0.717, 1.165) is 29.5 Å². The molecule has 5 heteroatoms. The van der Waals surface area contributed by atoms with Gasteiger partial charge in [0, 0.05) is 13.6 Å². The largest absolute Gasteiger partial charge is 0.389 e. The van der Waals surface area contributed by atoms with Crippen LogP contribution in [-0.4, -0.2) is 21.3 Å². The minimum absolute atomic E-state index is 0.416. The van der Waals surface area contributed by atoms with Gasteiger partial charge in [-0.15, -0.1) is 0 Å². The first kappa shape index (κ1) is 10.4. The fraction of sp³-hybridized carbons (Fsp3) is 0.600. The average Bonchev–Trinajstić information content (AvgIpc) is 2.89. The van der Waals surface area contributed by atoms with Crippen LogP contribution in [0.1, 0.15) is 24.1 Å². The molecule has 1 aromatic heterocycles. The lowest BCUT2D eigenvalue weighted by Gasteiger charge is -2.08. The van der Waals surface area contributed by atoms with Crippen molar-refractivity contribution in [1.29, 1.82) is 0 Å². The third-order valence-corrected chi connectivity index (χ3v) is 2.93. The first-order chi connectivity index (χ1) is 7.09. The van der Waals surface area contributed by atoms with Gasteiger partial charge >= 0.3 is 0 Å². The maximum Gasteiger partial charge on any atom is 0.134 e. The summed E-state index contributed by atoms with van der Waals surface area (Å²) in [7, 11) is 1.91. The predicted octanol–water partition coefficient (Wildman–Crippen LogP) is 1.18. The topological polar surface area (TPSA) is 55.9 Å². The lowest BCUT2D eigenvalue weighted by Crippen LogP contribution is -2.15. The van der Waals surface area contributed by atoms with Crippen molar-refractivity contribution in [2.45, 2.75) is 19.8 Å². The summed E-state index contributed by atoms with van der Waals surface area (Å²) in [6.45, 7) is 2.92. The monoisotopic (exact) mass is 224 g/mol. The van der Waals surface area contributed by atoms with Crippen LogP contribution in [-0.2, 0) is 7.05 Å². The zero-order valence-corrected chi connectivity index (χ0v) is 9.90. The Hall–Kier alpha value is -1.10. The number of anilines is 1. The highest BCUT2D eigenvalue weighted by atomic mass is 32.1. The molecule has 0 bridgehead atoms. The van der Waals surface area contributed by atoms with E-state index in [9.17, 15) is 0 Å². The second kappa shape index (κ2) is 3.81. The van der Waals surface area contributed by atoms with E-state index in [4.69, 9.17) is 18.0 Å². The summed E-state index contributed by atoms with van der Waals surface area (Å²) < 4.78 is 1.81. The second-order valence-corrected chi connectivity index (χ2v) is 4.56. The van der Waals surface area contributed by atoms with Crippen molar-refractivity contribution in [1.82, 2.24) is 9.78 Å². The highest BCUT2D eigenvalue weighted by molar-refractivity contribution is 7.80. The number of nitrogens with two attached hydrogens (primary N) is 1. The van der Waals surface area contributed by atoms with Gasteiger partial charge in [0.05, 0.1) is 11.3 Å². The minimum Gasteiger partial charge on any atom is -0.389 e. The van der Waals surface area contributed by atoms with Crippen LogP contribution in [0.2, 0.25) is 0 Å². The molecule has 0 unspecified atom stereocenters. The first-order valence-electron chi connectivity index (χ1n) is 5.17. The maximum atomic E-state index is 5.69. The van der Waals surface area contributed by atoms with Crippen molar-refractivity contribution < 1.29 is 0 Å². The van der Waals surface area contributed by atoms with E-state index in [1.165, 1.54) is 12.8 Å². The Morgan fingerprint density at radius 2 is 2.33 bits per heavy atom. The number of nitrogens with zero attached hydrogens (tertiary/aromatic N) is 2. The number of thiocarbonyl (C=S) groups is 1. The molecule has 0 saturated heterocycles. The molecule has 4 nitrogen and oxygen atoms in total. The summed E-state index contributed by atoms with van der Waals surface area (Å²) in [5.41, 5.74) is 7.46. The van der Waals surface area contributed by atoms with Crippen LogP contribution < -0.4 is 11.1 Å². The molecule has 2 rings (SSSR count). The fourth-order valence-corrected chi connectivity index (χ4v) is 1.96. The number of aromatic nitrogens is 2. The van der Waals surface area contributed by atoms with E-state index >= 15 is 0 Å². The molecule has 82 valence electrons. The lowest BCUT2D eigenvalue weighted by molar-refractivity contribution is 0.751. The molecule has 1 fully saturated rings. The third kappa shape index (κ3) is 2.12. The van der Waals surface area contributed by atoms with Crippen molar-refractivity contribution in [3.8, 4) is 0 Å². The molecular weight excluding hydrogens is 208 g/mol. The SMILES string of the molecule is Cc1nn(C)c(NCC2CC2)c1C(N)=S. The van der Waals surface area contributed by atoms with E-state index < -0.39 is 0 Å². The molecule has 1 aromatic rings. The number of rotatable bonds is 4. The molecule has 0 radical (unpaired) electrons. The van der Waals surface area contributed by atoms with Gasteiger partial charge in [0.15, 0.2) is 0 Å². The smallest absolute Gasteiger partial charge is 0.134 e. The Labute approximate surface area is 94.8 Å². The van der Waals surface area contributed by atoms with E-state index in [0.29, 0.717) is 4.99 Å².